The molecule has 0 radical (unpaired) electrons. The molecule has 2 amide bonds. The number of aryl methyl sites for hydroxylation is 1. The molecule has 430 valence electrons. The van der Waals surface area contributed by atoms with Crippen molar-refractivity contribution in [2.24, 2.45) is 41.2 Å². The second kappa shape index (κ2) is 37.2. The zero-order valence-electron chi connectivity index (χ0n) is 46.8. The minimum atomic E-state index is -4.02. The molecular formula is C60H91N3O13S. The molecule has 7 N–H and O–H groups in total. The van der Waals surface area contributed by atoms with Gasteiger partial charge in [-0.15, -0.1) is 0 Å². The maximum absolute atomic E-state index is 12.4. The van der Waals surface area contributed by atoms with Crippen molar-refractivity contribution in [3.8, 4) is 0 Å². The maximum atomic E-state index is 12.4. The first-order valence-electron chi connectivity index (χ1n) is 27.7. The van der Waals surface area contributed by atoms with Crippen molar-refractivity contribution in [3.63, 3.8) is 0 Å². The van der Waals surface area contributed by atoms with Gasteiger partial charge in [0.15, 0.2) is 0 Å². The van der Waals surface area contributed by atoms with Crippen LogP contribution in [0.15, 0.2) is 89.8 Å². The molecule has 3 atom stereocenters. The van der Waals surface area contributed by atoms with Crippen LogP contribution in [-0.2, 0) is 61.6 Å². The first-order chi connectivity index (χ1) is 36.5. The predicted molar refractivity (Wildman–Crippen MR) is 299 cm³/mol. The fourth-order valence-corrected chi connectivity index (χ4v) is 9.50. The lowest BCUT2D eigenvalue weighted by molar-refractivity contribution is -0.150. The summed E-state index contributed by atoms with van der Waals surface area (Å²) in [5.74, 6) is -1.22. The summed E-state index contributed by atoms with van der Waals surface area (Å²) in [6.07, 6.45) is 17.4. The number of benzene rings is 3. The molecule has 3 aliphatic rings. The van der Waals surface area contributed by atoms with Gasteiger partial charge in [-0.05, 0) is 106 Å². The molecule has 16 nitrogen and oxygen atoms in total. The van der Waals surface area contributed by atoms with Crippen LogP contribution in [0.3, 0.4) is 0 Å². The number of ether oxygens (including phenoxy) is 2. The van der Waals surface area contributed by atoms with Gasteiger partial charge in [0.2, 0.25) is 11.8 Å². The molecule has 0 spiro atoms. The lowest BCUT2D eigenvalue weighted by Gasteiger charge is -2.25. The van der Waals surface area contributed by atoms with Crippen LogP contribution in [0.2, 0.25) is 0 Å². The van der Waals surface area contributed by atoms with E-state index >= 15 is 0 Å². The number of nitrogens with two attached hydrogens (primary N) is 1. The van der Waals surface area contributed by atoms with E-state index in [0.717, 1.165) is 93.7 Å². The molecular weight excluding hydrogens is 1000 g/mol. The number of hydrogen-bond acceptors (Lipinski definition) is 11. The van der Waals surface area contributed by atoms with Crippen molar-refractivity contribution in [3.05, 3.63) is 102 Å². The summed E-state index contributed by atoms with van der Waals surface area (Å²) in [6, 6.07) is 23.4. The van der Waals surface area contributed by atoms with Crippen molar-refractivity contribution in [2.75, 3.05) is 0 Å². The Morgan fingerprint density at radius 3 is 1.25 bits per heavy atom. The predicted octanol–water partition coefficient (Wildman–Crippen LogP) is 11.0. The number of carboxylic acid groups (broad SMARTS) is 2. The summed E-state index contributed by atoms with van der Waals surface area (Å²) in [5.41, 5.74) is 8.59. The van der Waals surface area contributed by atoms with E-state index in [1.54, 1.807) is 12.1 Å². The van der Waals surface area contributed by atoms with Gasteiger partial charge in [0, 0.05) is 11.8 Å². The van der Waals surface area contributed by atoms with Crippen LogP contribution in [0.1, 0.15) is 174 Å². The average Bonchev–Trinajstić information content (AvgIpc) is 3.40. The third-order valence-electron chi connectivity index (χ3n) is 13.3. The molecule has 0 aromatic heterocycles. The van der Waals surface area contributed by atoms with E-state index in [1.807, 2.05) is 109 Å². The first kappa shape index (κ1) is 67.5. The van der Waals surface area contributed by atoms with Crippen LogP contribution in [0.4, 0.5) is 0 Å². The molecule has 3 aromatic rings. The molecule has 3 saturated carbocycles. The highest BCUT2D eigenvalue weighted by molar-refractivity contribution is 7.85. The average molecular weight is 1090 g/mol. The third-order valence-corrected chi connectivity index (χ3v) is 14.2. The van der Waals surface area contributed by atoms with Crippen molar-refractivity contribution in [1.82, 2.24) is 10.6 Å². The number of carbonyl (C=O) groups excluding carboxylic acids is 4. The van der Waals surface area contributed by atoms with Gasteiger partial charge in [-0.25, -0.2) is 9.59 Å². The van der Waals surface area contributed by atoms with E-state index in [2.05, 4.69) is 10.6 Å². The molecule has 0 aliphatic heterocycles. The van der Waals surface area contributed by atoms with E-state index in [-0.39, 0.29) is 58.9 Å². The number of carbonyl (C=O) groups is 6. The highest BCUT2D eigenvalue weighted by Gasteiger charge is 2.29. The number of aliphatic carboxylic acids is 2. The molecule has 17 heteroatoms. The van der Waals surface area contributed by atoms with Gasteiger partial charge >= 0.3 is 23.9 Å². The summed E-state index contributed by atoms with van der Waals surface area (Å²) in [7, 11) is -4.02. The second-order valence-corrected chi connectivity index (χ2v) is 23.2. The minimum Gasteiger partial charge on any atom is -0.481 e. The summed E-state index contributed by atoms with van der Waals surface area (Å²) in [4.78, 5) is 69.6. The molecule has 77 heavy (non-hydrogen) atoms. The Labute approximate surface area is 459 Å². The number of nitrogens with one attached hydrogen (secondary N) is 2. The zero-order valence-corrected chi connectivity index (χ0v) is 47.6. The summed E-state index contributed by atoms with van der Waals surface area (Å²) >= 11 is 0. The number of esters is 2. The molecule has 3 aromatic carbocycles. The topological polar surface area (TPSA) is 266 Å². The van der Waals surface area contributed by atoms with E-state index in [4.69, 9.17) is 30.0 Å². The summed E-state index contributed by atoms with van der Waals surface area (Å²) in [5, 5.41) is 23.2. The molecule has 6 rings (SSSR count). The van der Waals surface area contributed by atoms with Crippen LogP contribution in [-0.4, -0.2) is 77.0 Å². The van der Waals surface area contributed by atoms with Crippen molar-refractivity contribution >= 4 is 45.8 Å². The van der Waals surface area contributed by atoms with Crippen LogP contribution >= 0.6 is 0 Å². The fraction of sp³-hybridized carbons (Fsp3) is 0.600. The van der Waals surface area contributed by atoms with Crippen LogP contribution in [0.25, 0.3) is 0 Å². The Morgan fingerprint density at radius 2 is 0.896 bits per heavy atom. The molecule has 0 saturated heterocycles. The summed E-state index contributed by atoms with van der Waals surface area (Å²) in [6.45, 7) is 14.5. The van der Waals surface area contributed by atoms with E-state index in [0.29, 0.717) is 37.7 Å². The maximum Gasteiger partial charge on any atom is 0.328 e. The molecule has 0 bridgehead atoms. The fourth-order valence-electron chi connectivity index (χ4n) is 9.02. The van der Waals surface area contributed by atoms with Gasteiger partial charge in [-0.1, -0.05) is 178 Å². The number of rotatable bonds is 19. The van der Waals surface area contributed by atoms with Crippen LogP contribution in [0.5, 0.6) is 0 Å². The quantitative estimate of drug-likeness (QED) is 0.0482. The molecule has 3 aliphatic carbocycles. The van der Waals surface area contributed by atoms with E-state index in [9.17, 15) is 37.2 Å². The lowest BCUT2D eigenvalue weighted by Crippen LogP contribution is -2.45. The largest absolute Gasteiger partial charge is 0.481 e. The van der Waals surface area contributed by atoms with Gasteiger partial charge in [-0.3, -0.25) is 23.7 Å². The standard InChI is InChI=1S/C20H29NO3.C13H23NO3.C13H19NO2.C7H8O3S.C7H12O2/c1-15(2)13-18(21-19(22)17-11-7-4-8-12-17)20(23)24-14-16-9-5-3-6-10-16;1-9(2)8-11(13(16)17)14-12(15)10-6-4-3-5-7-10;1-10(2)8-12(14)13(15)16-9-11-6-4-3-5-7-11;1-6-2-4-7(5-3-6)11(8,9)10;8-7(9)6-4-2-1-3-5-6/h3,5-6,9-10,15,17-18H,4,7-8,11-14H2,1-2H3,(H,21,22);9-11H,3-8H2,1-2H3,(H,14,15)(H,16,17);3-7,10,12H,8-9,14H2,1-2H3;2-5H,1H3,(H,8,9,10);6H,1-5H2,(H,8,9)/t18-;11-;12-;;/m000../s1. The van der Waals surface area contributed by atoms with Gasteiger partial charge in [-0.2, -0.15) is 8.42 Å². The molecule has 3 fully saturated rings. The molecule has 0 unspecified atom stereocenters. The van der Waals surface area contributed by atoms with Crippen molar-refractivity contribution in [1.29, 1.82) is 0 Å². The van der Waals surface area contributed by atoms with Gasteiger partial charge in [0.25, 0.3) is 10.1 Å². The first-order valence-corrected chi connectivity index (χ1v) is 29.2. The smallest absolute Gasteiger partial charge is 0.328 e. The van der Waals surface area contributed by atoms with Gasteiger partial charge < -0.3 is 36.1 Å². The highest BCUT2D eigenvalue weighted by atomic mass is 32.2. The Kier molecular flexibility index (Phi) is 32.6. The van der Waals surface area contributed by atoms with Gasteiger partial charge in [0.05, 0.1) is 10.8 Å². The monoisotopic (exact) mass is 1090 g/mol. The highest BCUT2D eigenvalue weighted by Crippen LogP contribution is 2.26. The van der Waals surface area contributed by atoms with Crippen LogP contribution in [0, 0.1) is 42.4 Å². The summed E-state index contributed by atoms with van der Waals surface area (Å²) < 4.78 is 40.1. The second-order valence-electron chi connectivity index (χ2n) is 21.8. The van der Waals surface area contributed by atoms with Gasteiger partial charge in [0.1, 0.15) is 31.3 Å². The minimum absolute atomic E-state index is 0.0111. The molecule has 0 heterocycles. The normalized spacial score (nSPS) is 16.2. The van der Waals surface area contributed by atoms with Crippen molar-refractivity contribution < 1.29 is 61.4 Å². The third kappa shape index (κ3) is 30.2. The Hall–Kier alpha value is -5.65. The van der Waals surface area contributed by atoms with E-state index < -0.39 is 40.2 Å². The van der Waals surface area contributed by atoms with Crippen LogP contribution < -0.4 is 16.4 Å². The Bertz CT molecular complexity index is 2280. The number of hydrogen-bond donors (Lipinski definition) is 6. The Balaban J connectivity index is 0.000000342. The Morgan fingerprint density at radius 1 is 0.532 bits per heavy atom. The van der Waals surface area contributed by atoms with Crippen molar-refractivity contribution in [2.45, 2.75) is 200 Å². The number of carboxylic acids is 2. The van der Waals surface area contributed by atoms with E-state index in [1.165, 1.54) is 31.4 Å². The number of amides is 2. The zero-order chi connectivity index (χ0) is 57.3. The lowest BCUT2D eigenvalue weighted by atomic mass is 9.88. The SMILES string of the molecule is CC(C)C[C@H](N)C(=O)OCc1ccccc1.CC(C)C[C@H](NC(=O)C1CCCCC1)C(=O)O.CC(C)C[C@H](NC(=O)C1CCCCC1)C(=O)OCc1ccccc1.Cc1ccc(S(=O)(=O)O)cc1.O=C(O)C1CCCCC1.